The van der Waals surface area contributed by atoms with Crippen molar-refractivity contribution in [2.24, 2.45) is 5.92 Å². The fraction of sp³-hybridized carbons (Fsp3) is 0.588. The Balaban J connectivity index is 1.75. The summed E-state index contributed by atoms with van der Waals surface area (Å²) in [7, 11) is 1.57. The molecule has 3 nitrogen and oxygen atoms in total. The van der Waals surface area contributed by atoms with Crippen molar-refractivity contribution in [1.29, 1.82) is 0 Å². The van der Waals surface area contributed by atoms with Gasteiger partial charge < -0.3 is 10.1 Å². The number of rotatable bonds is 7. The Morgan fingerprint density at radius 3 is 2.86 bits per heavy atom. The second kappa shape index (κ2) is 8.13. The van der Waals surface area contributed by atoms with Crippen LogP contribution in [0.5, 0.6) is 0 Å². The van der Waals surface area contributed by atoms with Crippen molar-refractivity contribution in [3.8, 4) is 0 Å². The number of halogens is 1. The van der Waals surface area contributed by atoms with Crippen LogP contribution in [0.3, 0.4) is 0 Å². The highest BCUT2D eigenvalue weighted by Crippen LogP contribution is 2.28. The van der Waals surface area contributed by atoms with Crippen LogP contribution in [0, 0.1) is 11.7 Å². The summed E-state index contributed by atoms with van der Waals surface area (Å²) < 4.78 is 18.6. The zero-order valence-corrected chi connectivity index (χ0v) is 12.6. The van der Waals surface area contributed by atoms with Crippen LogP contribution in [-0.4, -0.2) is 19.6 Å². The highest BCUT2D eigenvalue weighted by molar-refractivity contribution is 5.75. The van der Waals surface area contributed by atoms with Crippen LogP contribution < -0.4 is 5.32 Å². The average molecular weight is 293 g/mol. The van der Waals surface area contributed by atoms with Crippen LogP contribution in [0.15, 0.2) is 24.3 Å². The average Bonchev–Trinajstić information content (AvgIpc) is 2.99. The number of hydrogen-bond acceptors (Lipinski definition) is 2. The van der Waals surface area contributed by atoms with Gasteiger partial charge in [0.2, 0.25) is 5.91 Å². The van der Waals surface area contributed by atoms with E-state index in [1.165, 1.54) is 37.8 Å². The van der Waals surface area contributed by atoms with Crippen LogP contribution in [0.4, 0.5) is 4.39 Å². The summed E-state index contributed by atoms with van der Waals surface area (Å²) in [5.74, 6) is 0.486. The zero-order chi connectivity index (χ0) is 15.1. The molecule has 0 heterocycles. The number of benzene rings is 1. The number of carbonyl (C=O) groups excluding carboxylic acids is 1. The fourth-order valence-corrected chi connectivity index (χ4v) is 2.97. The van der Waals surface area contributed by atoms with Gasteiger partial charge in [-0.3, -0.25) is 4.79 Å². The lowest BCUT2D eigenvalue weighted by Gasteiger charge is -2.17. The van der Waals surface area contributed by atoms with Gasteiger partial charge in [0.1, 0.15) is 5.82 Å². The molecule has 0 saturated heterocycles. The molecule has 1 unspecified atom stereocenters. The van der Waals surface area contributed by atoms with E-state index in [1.54, 1.807) is 13.2 Å². The SMILES string of the molecule is COC(CNC(=O)CCC1CCCC1)c1cccc(F)c1. The van der Waals surface area contributed by atoms with Gasteiger partial charge in [0.25, 0.3) is 0 Å². The molecular formula is C17H24FNO2. The first-order valence-corrected chi connectivity index (χ1v) is 7.74. The first-order chi connectivity index (χ1) is 10.2. The largest absolute Gasteiger partial charge is 0.375 e. The predicted octanol–water partition coefficient (Wildman–Crippen LogP) is 3.60. The third kappa shape index (κ3) is 5.12. The Labute approximate surface area is 125 Å². The van der Waals surface area contributed by atoms with Crippen molar-refractivity contribution in [2.45, 2.75) is 44.6 Å². The minimum atomic E-state index is -0.309. The van der Waals surface area contributed by atoms with Crippen molar-refractivity contribution in [2.75, 3.05) is 13.7 Å². The number of ether oxygens (including phenoxy) is 1. The molecule has 1 aromatic carbocycles. The second-order valence-corrected chi connectivity index (χ2v) is 5.77. The van der Waals surface area contributed by atoms with E-state index in [0.29, 0.717) is 13.0 Å². The molecule has 1 aliphatic carbocycles. The zero-order valence-electron chi connectivity index (χ0n) is 12.6. The molecule has 1 atom stereocenters. The Morgan fingerprint density at radius 2 is 2.19 bits per heavy atom. The van der Waals surface area contributed by atoms with Gasteiger partial charge in [-0.25, -0.2) is 4.39 Å². The van der Waals surface area contributed by atoms with Gasteiger partial charge in [0, 0.05) is 20.1 Å². The Kier molecular flexibility index (Phi) is 6.18. The fourth-order valence-electron chi connectivity index (χ4n) is 2.97. The Bertz CT molecular complexity index is 458. The highest BCUT2D eigenvalue weighted by atomic mass is 19.1. The van der Waals surface area contributed by atoms with Gasteiger partial charge in [-0.2, -0.15) is 0 Å². The quantitative estimate of drug-likeness (QED) is 0.834. The molecule has 2 rings (SSSR count). The topological polar surface area (TPSA) is 38.3 Å². The smallest absolute Gasteiger partial charge is 0.220 e. The molecule has 1 aromatic rings. The summed E-state index contributed by atoms with van der Waals surface area (Å²) in [6, 6.07) is 6.30. The van der Waals surface area contributed by atoms with E-state index in [0.717, 1.165) is 17.9 Å². The lowest BCUT2D eigenvalue weighted by atomic mass is 10.0. The van der Waals surface area contributed by atoms with Gasteiger partial charge in [0.15, 0.2) is 0 Å². The standard InChI is InChI=1S/C17H24FNO2/c1-21-16(14-7-4-8-15(18)11-14)12-19-17(20)10-9-13-5-2-3-6-13/h4,7-8,11,13,16H,2-3,5-6,9-10,12H2,1H3,(H,19,20). The summed E-state index contributed by atoms with van der Waals surface area (Å²) in [6.07, 6.45) is 6.37. The highest BCUT2D eigenvalue weighted by Gasteiger charge is 2.17. The summed E-state index contributed by atoms with van der Waals surface area (Å²) >= 11 is 0. The van der Waals surface area contributed by atoms with Crippen LogP contribution in [0.1, 0.15) is 50.2 Å². The molecule has 1 amide bonds. The van der Waals surface area contributed by atoms with Crippen molar-refractivity contribution in [1.82, 2.24) is 5.32 Å². The van der Waals surface area contributed by atoms with E-state index >= 15 is 0 Å². The van der Waals surface area contributed by atoms with Crippen LogP contribution in [0.25, 0.3) is 0 Å². The second-order valence-electron chi connectivity index (χ2n) is 5.77. The summed E-state index contributed by atoms with van der Waals surface area (Å²) in [5, 5.41) is 2.89. The summed E-state index contributed by atoms with van der Waals surface area (Å²) in [6.45, 7) is 0.378. The number of methoxy groups -OCH3 is 1. The van der Waals surface area contributed by atoms with E-state index in [-0.39, 0.29) is 17.8 Å². The molecule has 116 valence electrons. The molecule has 0 radical (unpaired) electrons. The third-order valence-corrected chi connectivity index (χ3v) is 4.24. The first-order valence-electron chi connectivity index (χ1n) is 7.74. The maximum atomic E-state index is 13.2. The maximum absolute atomic E-state index is 13.2. The molecular weight excluding hydrogens is 269 g/mol. The number of hydrogen-bond donors (Lipinski definition) is 1. The molecule has 1 saturated carbocycles. The molecule has 0 bridgehead atoms. The van der Waals surface area contributed by atoms with Gasteiger partial charge in [-0.1, -0.05) is 37.8 Å². The van der Waals surface area contributed by atoms with E-state index in [1.807, 2.05) is 6.07 Å². The molecule has 21 heavy (non-hydrogen) atoms. The van der Waals surface area contributed by atoms with E-state index < -0.39 is 0 Å². The van der Waals surface area contributed by atoms with Crippen LogP contribution in [-0.2, 0) is 9.53 Å². The van der Waals surface area contributed by atoms with E-state index in [4.69, 9.17) is 4.74 Å². The monoisotopic (exact) mass is 293 g/mol. The lowest BCUT2D eigenvalue weighted by Crippen LogP contribution is -2.29. The molecule has 1 fully saturated rings. The van der Waals surface area contributed by atoms with Crippen LogP contribution in [0.2, 0.25) is 0 Å². The minimum absolute atomic E-state index is 0.0559. The van der Waals surface area contributed by atoms with Crippen molar-refractivity contribution in [3.63, 3.8) is 0 Å². The number of nitrogens with one attached hydrogen (secondary N) is 1. The number of carbonyl (C=O) groups is 1. The van der Waals surface area contributed by atoms with Crippen molar-refractivity contribution in [3.05, 3.63) is 35.6 Å². The van der Waals surface area contributed by atoms with Gasteiger partial charge in [0.05, 0.1) is 6.10 Å². The van der Waals surface area contributed by atoms with Gasteiger partial charge >= 0.3 is 0 Å². The van der Waals surface area contributed by atoms with E-state index in [2.05, 4.69) is 5.32 Å². The molecule has 1 aliphatic rings. The molecule has 1 N–H and O–H groups in total. The van der Waals surface area contributed by atoms with Crippen LogP contribution >= 0.6 is 0 Å². The number of amides is 1. The van der Waals surface area contributed by atoms with Gasteiger partial charge in [-0.05, 0) is 30.0 Å². The molecule has 0 aromatic heterocycles. The first kappa shape index (κ1) is 16.0. The Morgan fingerprint density at radius 1 is 1.43 bits per heavy atom. The van der Waals surface area contributed by atoms with Crippen molar-refractivity contribution < 1.29 is 13.9 Å². The minimum Gasteiger partial charge on any atom is -0.375 e. The summed E-state index contributed by atoms with van der Waals surface area (Å²) in [5.41, 5.74) is 0.744. The third-order valence-electron chi connectivity index (χ3n) is 4.24. The summed E-state index contributed by atoms with van der Waals surface area (Å²) in [4.78, 5) is 11.9. The van der Waals surface area contributed by atoms with Gasteiger partial charge in [-0.15, -0.1) is 0 Å². The molecule has 4 heteroatoms. The van der Waals surface area contributed by atoms with E-state index in [9.17, 15) is 9.18 Å². The molecule has 0 aliphatic heterocycles. The maximum Gasteiger partial charge on any atom is 0.220 e. The lowest BCUT2D eigenvalue weighted by molar-refractivity contribution is -0.122. The molecule has 0 spiro atoms. The van der Waals surface area contributed by atoms with Crippen molar-refractivity contribution >= 4 is 5.91 Å². The Hall–Kier alpha value is -1.42. The predicted molar refractivity (Wildman–Crippen MR) is 80.4 cm³/mol. The normalized spacial score (nSPS) is 16.9.